The molecule has 0 spiro atoms. The quantitative estimate of drug-likeness (QED) is 0.475. The molecule has 0 N–H and O–H groups in total. The van der Waals surface area contributed by atoms with Crippen LogP contribution in [0.3, 0.4) is 0 Å². The van der Waals surface area contributed by atoms with Gasteiger partial charge in [0.25, 0.3) is 0 Å². The number of fused-ring (bicyclic) bond motifs is 1. The van der Waals surface area contributed by atoms with Crippen LogP contribution in [0.15, 0.2) is 0 Å². The van der Waals surface area contributed by atoms with E-state index in [1.165, 1.54) is 0 Å². The highest BCUT2D eigenvalue weighted by atomic mass is 16.6. The molecule has 0 bridgehead atoms. The van der Waals surface area contributed by atoms with E-state index in [-0.39, 0.29) is 23.4 Å². The van der Waals surface area contributed by atoms with Crippen molar-refractivity contribution in [2.24, 2.45) is 27.6 Å². The van der Waals surface area contributed by atoms with E-state index in [0.29, 0.717) is 19.3 Å². The summed E-state index contributed by atoms with van der Waals surface area (Å²) >= 11 is 0. The molecule has 0 aromatic carbocycles. The van der Waals surface area contributed by atoms with Crippen LogP contribution in [-0.2, 0) is 28.6 Å². The van der Waals surface area contributed by atoms with E-state index in [0.717, 1.165) is 6.42 Å². The standard InChI is InChI=1S/C23H35NO6/c1-20(2,3)13-22(7,21(4,5)6)18(26)29-12-17(25)28-11-16-15-9-8-10-23(15,14-24)19(27)30-16/h15-16H,8-13H2,1-7H3. The van der Waals surface area contributed by atoms with Crippen molar-refractivity contribution in [3.63, 3.8) is 0 Å². The molecular weight excluding hydrogens is 386 g/mol. The predicted molar refractivity (Wildman–Crippen MR) is 109 cm³/mol. The Morgan fingerprint density at radius 3 is 2.33 bits per heavy atom. The zero-order chi connectivity index (χ0) is 23.0. The summed E-state index contributed by atoms with van der Waals surface area (Å²) in [5.41, 5.74) is -2.33. The average Bonchev–Trinajstić information content (AvgIpc) is 3.15. The van der Waals surface area contributed by atoms with Crippen molar-refractivity contribution in [2.45, 2.75) is 80.3 Å². The second-order valence-electron chi connectivity index (χ2n) is 11.1. The number of carbonyl (C=O) groups is 3. The highest BCUT2D eigenvalue weighted by Crippen LogP contribution is 2.51. The second kappa shape index (κ2) is 8.20. The van der Waals surface area contributed by atoms with Crippen molar-refractivity contribution in [2.75, 3.05) is 13.2 Å². The fourth-order valence-electron chi connectivity index (χ4n) is 4.65. The zero-order valence-electron chi connectivity index (χ0n) is 19.3. The Balaban J connectivity index is 1.92. The molecule has 0 radical (unpaired) electrons. The van der Waals surface area contributed by atoms with Crippen LogP contribution in [0.2, 0.25) is 0 Å². The molecule has 1 saturated carbocycles. The van der Waals surface area contributed by atoms with Crippen LogP contribution in [-0.4, -0.2) is 37.2 Å². The maximum atomic E-state index is 12.9. The Morgan fingerprint density at radius 2 is 1.80 bits per heavy atom. The lowest BCUT2D eigenvalue weighted by atomic mass is 9.61. The number of ether oxygens (including phenoxy) is 3. The van der Waals surface area contributed by atoms with Gasteiger partial charge in [0, 0.05) is 5.92 Å². The Labute approximate surface area is 179 Å². The molecule has 1 saturated heterocycles. The van der Waals surface area contributed by atoms with Crippen molar-refractivity contribution in [1.29, 1.82) is 5.26 Å². The molecule has 2 aliphatic rings. The molecule has 7 nitrogen and oxygen atoms in total. The van der Waals surface area contributed by atoms with Crippen LogP contribution >= 0.6 is 0 Å². The van der Waals surface area contributed by atoms with Gasteiger partial charge >= 0.3 is 17.9 Å². The van der Waals surface area contributed by atoms with E-state index in [2.05, 4.69) is 26.8 Å². The fraction of sp³-hybridized carbons (Fsp3) is 0.826. The predicted octanol–water partition coefficient (Wildman–Crippen LogP) is 3.80. The summed E-state index contributed by atoms with van der Waals surface area (Å²) in [4.78, 5) is 37.2. The molecule has 0 amide bonds. The fourth-order valence-corrected chi connectivity index (χ4v) is 4.65. The van der Waals surface area contributed by atoms with Crippen LogP contribution in [0.1, 0.15) is 74.1 Å². The molecule has 1 heterocycles. The molecule has 1 aliphatic carbocycles. The molecule has 0 aromatic heterocycles. The minimum Gasteiger partial charge on any atom is -0.459 e. The molecule has 2 fully saturated rings. The van der Waals surface area contributed by atoms with Gasteiger partial charge in [0.1, 0.15) is 12.7 Å². The summed E-state index contributed by atoms with van der Waals surface area (Å²) in [6.45, 7) is 13.4. The summed E-state index contributed by atoms with van der Waals surface area (Å²) in [6.07, 6.45) is 1.92. The topological polar surface area (TPSA) is 103 Å². The number of rotatable bonds is 6. The highest BCUT2D eigenvalue weighted by Gasteiger charge is 2.60. The van der Waals surface area contributed by atoms with Gasteiger partial charge in [-0.3, -0.25) is 9.59 Å². The zero-order valence-corrected chi connectivity index (χ0v) is 19.3. The third-order valence-electron chi connectivity index (χ3n) is 6.71. The molecule has 4 atom stereocenters. The van der Waals surface area contributed by atoms with Gasteiger partial charge < -0.3 is 14.2 Å². The van der Waals surface area contributed by atoms with Crippen molar-refractivity contribution >= 4 is 17.9 Å². The summed E-state index contributed by atoms with van der Waals surface area (Å²) in [6, 6.07) is 2.11. The summed E-state index contributed by atoms with van der Waals surface area (Å²) in [5.74, 6) is -1.92. The lowest BCUT2D eigenvalue weighted by molar-refractivity contribution is -0.173. The highest BCUT2D eigenvalue weighted by molar-refractivity contribution is 5.83. The van der Waals surface area contributed by atoms with E-state index in [1.54, 1.807) is 0 Å². The summed E-state index contributed by atoms with van der Waals surface area (Å²) in [7, 11) is 0. The number of hydrogen-bond acceptors (Lipinski definition) is 7. The van der Waals surface area contributed by atoms with Crippen LogP contribution in [0.4, 0.5) is 0 Å². The molecule has 1 aliphatic heterocycles. The van der Waals surface area contributed by atoms with Crippen LogP contribution in [0, 0.1) is 38.9 Å². The molecular formula is C23H35NO6. The number of carbonyl (C=O) groups excluding carboxylic acids is 3. The molecule has 4 unspecified atom stereocenters. The smallest absolute Gasteiger partial charge is 0.344 e. The van der Waals surface area contributed by atoms with E-state index >= 15 is 0 Å². The second-order valence-corrected chi connectivity index (χ2v) is 11.1. The van der Waals surface area contributed by atoms with E-state index in [1.807, 2.05) is 27.7 Å². The normalized spacial score (nSPS) is 28.1. The first-order valence-electron chi connectivity index (χ1n) is 10.6. The van der Waals surface area contributed by atoms with Gasteiger partial charge in [-0.1, -0.05) is 48.0 Å². The van der Waals surface area contributed by atoms with Gasteiger partial charge in [-0.2, -0.15) is 5.26 Å². The Morgan fingerprint density at radius 1 is 1.17 bits per heavy atom. The summed E-state index contributed by atoms with van der Waals surface area (Å²) in [5, 5.41) is 9.44. The maximum absolute atomic E-state index is 12.9. The molecule has 7 heteroatoms. The van der Waals surface area contributed by atoms with Crippen molar-refractivity contribution in [3.8, 4) is 6.07 Å². The van der Waals surface area contributed by atoms with E-state index < -0.39 is 41.4 Å². The van der Waals surface area contributed by atoms with Crippen molar-refractivity contribution < 1.29 is 28.6 Å². The van der Waals surface area contributed by atoms with Gasteiger partial charge in [0.05, 0.1) is 11.5 Å². The van der Waals surface area contributed by atoms with Gasteiger partial charge in [0.2, 0.25) is 0 Å². The van der Waals surface area contributed by atoms with Gasteiger partial charge in [0.15, 0.2) is 12.0 Å². The van der Waals surface area contributed by atoms with Gasteiger partial charge in [-0.05, 0) is 37.0 Å². The largest absolute Gasteiger partial charge is 0.459 e. The molecule has 30 heavy (non-hydrogen) atoms. The van der Waals surface area contributed by atoms with Crippen LogP contribution in [0.5, 0.6) is 0 Å². The Bertz CT molecular complexity index is 740. The van der Waals surface area contributed by atoms with Gasteiger partial charge in [-0.25, -0.2) is 4.79 Å². The first kappa shape index (κ1) is 24.2. The monoisotopic (exact) mass is 421 g/mol. The molecule has 168 valence electrons. The van der Waals surface area contributed by atoms with E-state index in [4.69, 9.17) is 14.2 Å². The minimum atomic E-state index is -1.11. The number of nitrogens with zero attached hydrogens (tertiary/aromatic N) is 1. The summed E-state index contributed by atoms with van der Waals surface area (Å²) < 4.78 is 15.9. The third kappa shape index (κ3) is 4.63. The maximum Gasteiger partial charge on any atom is 0.344 e. The van der Waals surface area contributed by atoms with Crippen molar-refractivity contribution in [1.82, 2.24) is 0 Å². The van der Waals surface area contributed by atoms with Crippen molar-refractivity contribution in [3.05, 3.63) is 0 Å². The Hall–Kier alpha value is -2.10. The number of nitriles is 1. The first-order valence-corrected chi connectivity index (χ1v) is 10.6. The number of esters is 3. The van der Waals surface area contributed by atoms with Crippen LogP contribution < -0.4 is 0 Å². The van der Waals surface area contributed by atoms with Gasteiger partial charge in [-0.15, -0.1) is 0 Å². The van der Waals surface area contributed by atoms with E-state index in [9.17, 15) is 19.6 Å². The Kier molecular flexibility index (Phi) is 6.61. The third-order valence-corrected chi connectivity index (χ3v) is 6.71. The molecule has 2 rings (SSSR count). The minimum absolute atomic E-state index is 0.0948. The number of cyclic esters (lactones) is 1. The molecule has 0 aromatic rings. The first-order chi connectivity index (χ1) is 13.7. The average molecular weight is 422 g/mol. The lowest BCUT2D eigenvalue weighted by Crippen LogP contribution is -2.44. The SMILES string of the molecule is CC(C)(C)CC(C)(C(=O)OCC(=O)OCC1OC(=O)C2(C#N)CCCC12)C(C)(C)C. The van der Waals surface area contributed by atoms with Crippen LogP contribution in [0.25, 0.3) is 0 Å². The lowest BCUT2D eigenvalue weighted by Gasteiger charge is -2.43. The number of hydrogen-bond donors (Lipinski definition) is 0.